The van der Waals surface area contributed by atoms with E-state index in [4.69, 9.17) is 19.6 Å². The molecule has 8 nitrogen and oxygen atoms in total. The van der Waals surface area contributed by atoms with Gasteiger partial charge < -0.3 is 25.2 Å². The van der Waals surface area contributed by atoms with Crippen molar-refractivity contribution in [2.24, 2.45) is 11.8 Å². The lowest BCUT2D eigenvalue weighted by Crippen LogP contribution is -2.63. The van der Waals surface area contributed by atoms with Crippen molar-refractivity contribution in [3.63, 3.8) is 0 Å². The molecule has 4 aliphatic rings. The zero-order chi connectivity index (χ0) is 16.9. The highest BCUT2D eigenvalue weighted by molar-refractivity contribution is 5.96. The van der Waals surface area contributed by atoms with Gasteiger partial charge in [-0.25, -0.2) is 9.78 Å². The van der Waals surface area contributed by atoms with Gasteiger partial charge in [0.25, 0.3) is 0 Å². The van der Waals surface area contributed by atoms with E-state index in [1.165, 1.54) is 0 Å². The molecule has 0 radical (unpaired) electrons. The monoisotopic (exact) mass is 330 g/mol. The van der Waals surface area contributed by atoms with Crippen molar-refractivity contribution >= 4 is 5.78 Å². The maximum atomic E-state index is 12.0. The van der Waals surface area contributed by atoms with Crippen LogP contribution >= 0.6 is 0 Å². The molecule has 1 saturated heterocycles. The van der Waals surface area contributed by atoms with E-state index < -0.39 is 42.9 Å². The molecule has 0 amide bonds. The Morgan fingerprint density at radius 2 is 1.96 bits per heavy atom. The molecule has 0 aromatic carbocycles. The van der Waals surface area contributed by atoms with Crippen molar-refractivity contribution in [2.75, 3.05) is 6.61 Å². The average Bonchev–Trinajstić information content (AvgIpc) is 2.50. The van der Waals surface area contributed by atoms with Gasteiger partial charge in [0.05, 0.1) is 12.5 Å². The summed E-state index contributed by atoms with van der Waals surface area (Å²) >= 11 is 0. The SMILES string of the molecule is CC1=CC(=O)C2CC1C2(C)OO[C@@H]1O[C@H](CO)[C@@H](O)[C@H](O)[C@H]1O. The van der Waals surface area contributed by atoms with Crippen molar-refractivity contribution in [1.82, 2.24) is 0 Å². The van der Waals surface area contributed by atoms with Gasteiger partial charge in [-0.3, -0.25) is 4.79 Å². The Kier molecular flexibility index (Phi) is 4.35. The fourth-order valence-electron chi connectivity index (χ4n) is 3.66. The summed E-state index contributed by atoms with van der Waals surface area (Å²) in [5, 5.41) is 38.5. The minimum atomic E-state index is -1.54. The summed E-state index contributed by atoms with van der Waals surface area (Å²) < 4.78 is 5.21. The van der Waals surface area contributed by atoms with E-state index in [2.05, 4.69) is 0 Å². The van der Waals surface area contributed by atoms with Crippen LogP contribution in [0.2, 0.25) is 0 Å². The Bertz CT molecular complexity index is 518. The third-order valence-corrected chi connectivity index (χ3v) is 5.29. The van der Waals surface area contributed by atoms with Crippen LogP contribution in [-0.4, -0.2) is 69.1 Å². The van der Waals surface area contributed by atoms with E-state index in [0.717, 1.165) is 5.57 Å². The van der Waals surface area contributed by atoms with E-state index in [-0.39, 0.29) is 17.6 Å². The summed E-state index contributed by atoms with van der Waals surface area (Å²) in [5.74, 6) is -0.305. The lowest BCUT2D eigenvalue weighted by Gasteiger charge is -2.54. The fourth-order valence-corrected chi connectivity index (χ4v) is 3.66. The van der Waals surface area contributed by atoms with E-state index in [0.29, 0.717) is 6.42 Å². The summed E-state index contributed by atoms with van der Waals surface area (Å²) in [5.41, 5.74) is 0.0618. The highest BCUT2D eigenvalue weighted by Gasteiger charge is 2.60. The largest absolute Gasteiger partial charge is 0.394 e. The highest BCUT2D eigenvalue weighted by atomic mass is 17.2. The number of aliphatic hydroxyl groups excluding tert-OH is 4. The predicted octanol–water partition coefficient (Wildman–Crippen LogP) is -1.34. The van der Waals surface area contributed by atoms with Crippen molar-refractivity contribution < 1.29 is 39.7 Å². The number of hydrogen-bond acceptors (Lipinski definition) is 8. The molecular formula is C15H22O8. The quantitative estimate of drug-likeness (QED) is 0.369. The van der Waals surface area contributed by atoms with Gasteiger partial charge in [0.15, 0.2) is 5.78 Å². The molecule has 2 fully saturated rings. The van der Waals surface area contributed by atoms with Crippen LogP contribution in [0.15, 0.2) is 11.6 Å². The molecule has 3 unspecified atom stereocenters. The van der Waals surface area contributed by atoms with Crippen molar-refractivity contribution in [3.8, 4) is 0 Å². The normalized spacial score (nSPS) is 49.6. The van der Waals surface area contributed by atoms with Crippen LogP contribution in [0.5, 0.6) is 0 Å². The van der Waals surface area contributed by atoms with Gasteiger partial charge in [-0.2, -0.15) is 0 Å². The van der Waals surface area contributed by atoms with Gasteiger partial charge in [0, 0.05) is 5.92 Å². The van der Waals surface area contributed by atoms with E-state index in [9.17, 15) is 20.1 Å². The maximum absolute atomic E-state index is 12.0. The number of allylic oxidation sites excluding steroid dienone is 1. The fraction of sp³-hybridized carbons (Fsp3) is 0.800. The summed E-state index contributed by atoms with van der Waals surface area (Å²) in [4.78, 5) is 22.6. The van der Waals surface area contributed by atoms with Gasteiger partial charge in [-0.1, -0.05) is 5.57 Å². The Hall–Kier alpha value is -0.870. The van der Waals surface area contributed by atoms with Crippen LogP contribution in [0.1, 0.15) is 20.3 Å². The smallest absolute Gasteiger partial charge is 0.220 e. The molecular weight excluding hydrogens is 308 g/mol. The van der Waals surface area contributed by atoms with Crippen LogP contribution < -0.4 is 0 Å². The van der Waals surface area contributed by atoms with Crippen LogP contribution in [0, 0.1) is 11.8 Å². The summed E-state index contributed by atoms with van der Waals surface area (Å²) in [6.07, 6.45) is -4.68. The van der Waals surface area contributed by atoms with Gasteiger partial charge >= 0.3 is 0 Å². The summed E-state index contributed by atoms with van der Waals surface area (Å²) in [6, 6.07) is 0. The van der Waals surface area contributed by atoms with E-state index in [1.54, 1.807) is 13.0 Å². The highest BCUT2D eigenvalue weighted by Crippen LogP contribution is 2.54. The Labute approximate surface area is 133 Å². The molecule has 1 aliphatic heterocycles. The number of rotatable bonds is 4. The molecule has 4 rings (SSSR count). The number of carbonyl (C=O) groups is 1. The Morgan fingerprint density at radius 3 is 2.52 bits per heavy atom. The molecule has 8 heteroatoms. The summed E-state index contributed by atoms with van der Waals surface area (Å²) in [7, 11) is 0. The number of hydrogen-bond donors (Lipinski definition) is 4. The average molecular weight is 330 g/mol. The molecule has 0 aromatic heterocycles. The zero-order valence-corrected chi connectivity index (χ0v) is 13.0. The molecule has 130 valence electrons. The molecule has 23 heavy (non-hydrogen) atoms. The third-order valence-electron chi connectivity index (χ3n) is 5.29. The molecule has 8 atom stereocenters. The molecule has 0 aromatic rings. The van der Waals surface area contributed by atoms with Crippen molar-refractivity contribution in [2.45, 2.75) is 56.6 Å². The van der Waals surface area contributed by atoms with E-state index in [1.807, 2.05) is 6.92 Å². The zero-order valence-electron chi connectivity index (χ0n) is 13.0. The molecule has 1 saturated carbocycles. The maximum Gasteiger partial charge on any atom is 0.220 e. The van der Waals surface area contributed by atoms with E-state index >= 15 is 0 Å². The minimum Gasteiger partial charge on any atom is -0.394 e. The minimum absolute atomic E-state index is 0.0232. The Balaban J connectivity index is 1.67. The van der Waals surface area contributed by atoms with Crippen LogP contribution in [0.4, 0.5) is 0 Å². The van der Waals surface area contributed by atoms with Crippen LogP contribution in [-0.2, 0) is 19.3 Å². The summed E-state index contributed by atoms with van der Waals surface area (Å²) in [6.45, 7) is 3.06. The molecule has 1 heterocycles. The lowest BCUT2D eigenvalue weighted by atomic mass is 9.54. The number of ketones is 1. The van der Waals surface area contributed by atoms with Crippen LogP contribution in [0.3, 0.4) is 0 Å². The third kappa shape index (κ3) is 2.54. The topological polar surface area (TPSA) is 126 Å². The van der Waals surface area contributed by atoms with Gasteiger partial charge in [0.2, 0.25) is 6.29 Å². The van der Waals surface area contributed by atoms with Gasteiger partial charge in [-0.15, -0.1) is 0 Å². The second-order valence-electron chi connectivity index (χ2n) is 6.69. The number of aliphatic hydroxyl groups is 4. The molecule has 4 N–H and O–H groups in total. The molecule has 2 bridgehead atoms. The Morgan fingerprint density at radius 1 is 1.26 bits per heavy atom. The first-order chi connectivity index (χ1) is 10.8. The second kappa shape index (κ2) is 5.89. The van der Waals surface area contributed by atoms with Gasteiger partial charge in [-0.05, 0) is 26.3 Å². The number of ether oxygens (including phenoxy) is 1. The number of carbonyl (C=O) groups excluding carboxylic acids is 1. The molecule has 3 aliphatic carbocycles. The van der Waals surface area contributed by atoms with Crippen LogP contribution in [0.25, 0.3) is 0 Å². The van der Waals surface area contributed by atoms with Crippen molar-refractivity contribution in [3.05, 3.63) is 11.6 Å². The molecule has 0 spiro atoms. The first-order valence-electron chi connectivity index (χ1n) is 7.66. The predicted molar refractivity (Wildman–Crippen MR) is 74.7 cm³/mol. The standard InChI is InChI=1S/C15H22O8/c1-6-3-9(17)8-4-7(6)15(8,2)23-22-14-13(20)12(19)11(18)10(5-16)21-14/h3,7-8,10-14,16,18-20H,4-5H2,1-2H3/t7?,8?,10-,11-,12+,13-,14+,15?/m1/s1. The second-order valence-corrected chi connectivity index (χ2v) is 6.69. The van der Waals surface area contributed by atoms with Crippen molar-refractivity contribution in [1.29, 1.82) is 0 Å². The first kappa shape index (κ1) is 17.0. The lowest BCUT2D eigenvalue weighted by molar-refractivity contribution is -0.475. The number of fused-ring (bicyclic) bond motifs is 1. The van der Waals surface area contributed by atoms with Gasteiger partial charge in [0.1, 0.15) is 30.0 Å². The first-order valence-corrected chi connectivity index (χ1v) is 7.66.